The van der Waals surface area contributed by atoms with Crippen LogP contribution in [0.25, 0.3) is 0 Å². The van der Waals surface area contributed by atoms with E-state index in [0.29, 0.717) is 0 Å². The molecule has 1 aromatic heterocycles. The predicted octanol–water partition coefficient (Wildman–Crippen LogP) is 1.95. The number of nitrogens with one attached hydrogen (secondary N) is 1. The van der Waals surface area contributed by atoms with E-state index in [2.05, 4.69) is 28.7 Å². The molecule has 0 fully saturated rings. The maximum atomic E-state index is 4.26. The van der Waals surface area contributed by atoms with Crippen LogP contribution in [0.3, 0.4) is 0 Å². The molecular formula is C11H21N3. The van der Waals surface area contributed by atoms with Gasteiger partial charge in [-0.05, 0) is 12.5 Å². The third-order valence-electron chi connectivity index (χ3n) is 2.79. The molecule has 0 saturated heterocycles. The molecule has 1 heterocycles. The Balaban J connectivity index is 2.24. The van der Waals surface area contributed by atoms with E-state index in [0.717, 1.165) is 24.8 Å². The highest BCUT2D eigenvalue weighted by Gasteiger charge is 2.03. The molecule has 3 heteroatoms. The first-order chi connectivity index (χ1) is 6.77. The molecule has 3 nitrogen and oxygen atoms in total. The Morgan fingerprint density at radius 3 is 2.64 bits per heavy atom. The van der Waals surface area contributed by atoms with E-state index in [1.807, 2.05) is 19.4 Å². The largest absolute Gasteiger partial charge is 0.337 e. The van der Waals surface area contributed by atoms with E-state index >= 15 is 0 Å². The van der Waals surface area contributed by atoms with Crippen LogP contribution in [-0.4, -0.2) is 16.1 Å². The molecule has 1 rings (SSSR count). The van der Waals surface area contributed by atoms with Crippen molar-refractivity contribution in [1.82, 2.24) is 14.9 Å². The minimum Gasteiger partial charge on any atom is -0.337 e. The topological polar surface area (TPSA) is 29.9 Å². The van der Waals surface area contributed by atoms with Gasteiger partial charge >= 0.3 is 0 Å². The first-order valence-electron chi connectivity index (χ1n) is 5.44. The average Bonchev–Trinajstić information content (AvgIpc) is 2.59. The van der Waals surface area contributed by atoms with Crippen molar-refractivity contribution in [3.8, 4) is 0 Å². The van der Waals surface area contributed by atoms with Gasteiger partial charge in [0.25, 0.3) is 0 Å². The van der Waals surface area contributed by atoms with Crippen molar-refractivity contribution in [3.63, 3.8) is 0 Å². The van der Waals surface area contributed by atoms with Gasteiger partial charge in [-0.1, -0.05) is 26.7 Å². The standard InChI is InChI=1S/C11H21N3/c1-4-10(5-2)8-12-9-11-13-6-7-14(11)3/h6-7,10,12H,4-5,8-9H2,1-3H3. The van der Waals surface area contributed by atoms with Crippen molar-refractivity contribution < 1.29 is 0 Å². The number of imidazole rings is 1. The summed E-state index contributed by atoms with van der Waals surface area (Å²) in [4.78, 5) is 4.26. The van der Waals surface area contributed by atoms with Gasteiger partial charge in [0.15, 0.2) is 0 Å². The molecule has 1 N–H and O–H groups in total. The second-order valence-corrected chi connectivity index (χ2v) is 3.77. The normalized spacial score (nSPS) is 11.1. The lowest BCUT2D eigenvalue weighted by atomic mass is 10.0. The van der Waals surface area contributed by atoms with Gasteiger partial charge in [0.05, 0.1) is 6.54 Å². The van der Waals surface area contributed by atoms with Crippen molar-refractivity contribution in [3.05, 3.63) is 18.2 Å². The number of hydrogen-bond acceptors (Lipinski definition) is 2. The van der Waals surface area contributed by atoms with Gasteiger partial charge in [-0.25, -0.2) is 4.98 Å². The Morgan fingerprint density at radius 2 is 2.14 bits per heavy atom. The minimum atomic E-state index is 0.801. The van der Waals surface area contributed by atoms with Crippen LogP contribution >= 0.6 is 0 Å². The molecule has 1 aromatic rings. The zero-order chi connectivity index (χ0) is 10.4. The number of aromatic nitrogens is 2. The fraction of sp³-hybridized carbons (Fsp3) is 0.727. The SMILES string of the molecule is CCC(CC)CNCc1nccn1C. The molecule has 0 amide bonds. The number of rotatable bonds is 6. The molecule has 0 unspecified atom stereocenters. The van der Waals surface area contributed by atoms with E-state index in [1.54, 1.807) is 0 Å². The summed E-state index contributed by atoms with van der Waals surface area (Å²) in [7, 11) is 2.03. The van der Waals surface area contributed by atoms with Crippen LogP contribution in [0.4, 0.5) is 0 Å². The lowest BCUT2D eigenvalue weighted by Crippen LogP contribution is -2.23. The lowest BCUT2D eigenvalue weighted by molar-refractivity contribution is 0.444. The highest BCUT2D eigenvalue weighted by molar-refractivity contribution is 4.90. The van der Waals surface area contributed by atoms with Crippen molar-refractivity contribution in [2.24, 2.45) is 13.0 Å². The third kappa shape index (κ3) is 3.14. The van der Waals surface area contributed by atoms with Gasteiger partial charge in [0.1, 0.15) is 5.82 Å². The minimum absolute atomic E-state index is 0.801. The second kappa shape index (κ2) is 5.81. The highest BCUT2D eigenvalue weighted by atomic mass is 15.1. The maximum Gasteiger partial charge on any atom is 0.122 e. The number of nitrogens with zero attached hydrogens (tertiary/aromatic N) is 2. The zero-order valence-electron chi connectivity index (χ0n) is 9.45. The average molecular weight is 195 g/mol. The molecule has 0 atom stereocenters. The van der Waals surface area contributed by atoms with Crippen molar-refractivity contribution >= 4 is 0 Å². The van der Waals surface area contributed by atoms with E-state index < -0.39 is 0 Å². The monoisotopic (exact) mass is 195 g/mol. The summed E-state index contributed by atoms with van der Waals surface area (Å²) in [6.45, 7) is 6.47. The van der Waals surface area contributed by atoms with Crippen molar-refractivity contribution in [2.45, 2.75) is 33.2 Å². The van der Waals surface area contributed by atoms with Crippen LogP contribution in [0.1, 0.15) is 32.5 Å². The van der Waals surface area contributed by atoms with Crippen molar-refractivity contribution in [2.75, 3.05) is 6.54 Å². The first kappa shape index (κ1) is 11.2. The van der Waals surface area contributed by atoms with E-state index in [4.69, 9.17) is 0 Å². The molecule has 0 spiro atoms. The molecule has 0 aliphatic heterocycles. The molecule has 0 radical (unpaired) electrons. The molecule has 0 aromatic carbocycles. The van der Waals surface area contributed by atoms with Crippen LogP contribution in [-0.2, 0) is 13.6 Å². The molecule has 0 aliphatic rings. The number of aryl methyl sites for hydroxylation is 1. The molecule has 14 heavy (non-hydrogen) atoms. The van der Waals surface area contributed by atoms with E-state index in [9.17, 15) is 0 Å². The summed E-state index contributed by atoms with van der Waals surface area (Å²) in [6, 6.07) is 0. The van der Waals surface area contributed by atoms with Gasteiger partial charge in [-0.2, -0.15) is 0 Å². The molecule has 0 bridgehead atoms. The summed E-state index contributed by atoms with van der Waals surface area (Å²) >= 11 is 0. The Labute approximate surface area is 86.5 Å². The summed E-state index contributed by atoms with van der Waals surface area (Å²) in [5.41, 5.74) is 0. The maximum absolute atomic E-state index is 4.26. The zero-order valence-corrected chi connectivity index (χ0v) is 9.45. The fourth-order valence-corrected chi connectivity index (χ4v) is 1.53. The summed E-state index contributed by atoms with van der Waals surface area (Å²) in [6.07, 6.45) is 6.33. The number of hydrogen-bond donors (Lipinski definition) is 1. The van der Waals surface area contributed by atoms with Gasteiger partial charge in [0, 0.05) is 19.4 Å². The molecular weight excluding hydrogens is 174 g/mol. The third-order valence-corrected chi connectivity index (χ3v) is 2.79. The summed E-state index contributed by atoms with van der Waals surface area (Å²) < 4.78 is 2.06. The summed E-state index contributed by atoms with van der Waals surface area (Å²) in [5, 5.41) is 3.45. The smallest absolute Gasteiger partial charge is 0.122 e. The Hall–Kier alpha value is -0.830. The predicted molar refractivity (Wildman–Crippen MR) is 59.0 cm³/mol. The van der Waals surface area contributed by atoms with Crippen LogP contribution in [0.2, 0.25) is 0 Å². The molecule has 0 saturated carbocycles. The summed E-state index contributed by atoms with van der Waals surface area (Å²) in [5.74, 6) is 1.91. The van der Waals surface area contributed by atoms with Crippen LogP contribution in [0.5, 0.6) is 0 Å². The fourth-order valence-electron chi connectivity index (χ4n) is 1.53. The second-order valence-electron chi connectivity index (χ2n) is 3.77. The van der Waals surface area contributed by atoms with Gasteiger partial charge in [-0.3, -0.25) is 0 Å². The molecule has 0 aliphatic carbocycles. The lowest BCUT2D eigenvalue weighted by Gasteiger charge is -2.12. The first-order valence-corrected chi connectivity index (χ1v) is 5.44. The Morgan fingerprint density at radius 1 is 1.43 bits per heavy atom. The van der Waals surface area contributed by atoms with E-state index in [-0.39, 0.29) is 0 Å². The Kier molecular flexibility index (Phi) is 4.66. The van der Waals surface area contributed by atoms with E-state index in [1.165, 1.54) is 12.8 Å². The van der Waals surface area contributed by atoms with Gasteiger partial charge < -0.3 is 9.88 Å². The van der Waals surface area contributed by atoms with Crippen LogP contribution in [0.15, 0.2) is 12.4 Å². The van der Waals surface area contributed by atoms with Gasteiger partial charge in [-0.15, -0.1) is 0 Å². The quantitative estimate of drug-likeness (QED) is 0.752. The molecule has 80 valence electrons. The Bertz CT molecular complexity index is 251. The van der Waals surface area contributed by atoms with Crippen molar-refractivity contribution in [1.29, 1.82) is 0 Å². The highest BCUT2D eigenvalue weighted by Crippen LogP contribution is 2.05. The van der Waals surface area contributed by atoms with Crippen LogP contribution < -0.4 is 5.32 Å². The van der Waals surface area contributed by atoms with Gasteiger partial charge in [0.2, 0.25) is 0 Å². The van der Waals surface area contributed by atoms with Crippen LogP contribution in [0, 0.1) is 5.92 Å².